The van der Waals surface area contributed by atoms with Crippen LogP contribution in [0.2, 0.25) is 0 Å². The number of nitrogens with one attached hydrogen (secondary N) is 2. The number of amides is 3. The van der Waals surface area contributed by atoms with Crippen molar-refractivity contribution in [3.05, 3.63) is 59.2 Å². The average Bonchev–Trinajstić information content (AvgIpc) is 3.06. The third-order valence-corrected chi connectivity index (χ3v) is 9.39. The maximum absolute atomic E-state index is 14.4. The van der Waals surface area contributed by atoms with Crippen LogP contribution in [-0.2, 0) is 11.3 Å². The number of fused-ring (bicyclic) bond motifs is 1. The zero-order valence-corrected chi connectivity index (χ0v) is 29.0. The number of hydrogen-bond donors (Lipinski definition) is 4. The van der Waals surface area contributed by atoms with Gasteiger partial charge in [-0.2, -0.15) is 0 Å². The molecule has 48 heavy (non-hydrogen) atoms. The minimum absolute atomic E-state index is 0.0893. The molecule has 0 saturated heterocycles. The van der Waals surface area contributed by atoms with Crippen molar-refractivity contribution in [1.29, 1.82) is 0 Å². The van der Waals surface area contributed by atoms with E-state index in [0.29, 0.717) is 43.2 Å². The molecule has 1 saturated carbocycles. The molecule has 2 aromatic carbocycles. The summed E-state index contributed by atoms with van der Waals surface area (Å²) in [4.78, 5) is 42.3. The highest BCUT2D eigenvalue weighted by molar-refractivity contribution is 5.99. The molecule has 0 radical (unpaired) electrons. The molecule has 0 aromatic heterocycles. The SMILES string of the molecule is C[C@H](CO)N1C[C@H](C)[C@@H](CN(C)Cc2ccc(C(=O)O)cc2)OCCCC[C@H](C)Oc2ccc(NC(=O)NC3CCCCC3)cc2C1=O. The predicted octanol–water partition coefficient (Wildman–Crippen LogP) is 5.77. The van der Waals surface area contributed by atoms with Gasteiger partial charge in [0.15, 0.2) is 0 Å². The minimum Gasteiger partial charge on any atom is -0.490 e. The molecule has 0 unspecified atom stereocenters. The third kappa shape index (κ3) is 10.9. The molecule has 4 N–H and O–H groups in total. The lowest BCUT2D eigenvalue weighted by Crippen LogP contribution is -2.47. The summed E-state index contributed by atoms with van der Waals surface area (Å²) in [7, 11) is 2.00. The molecule has 11 nitrogen and oxygen atoms in total. The van der Waals surface area contributed by atoms with Crippen LogP contribution < -0.4 is 15.4 Å². The number of carbonyl (C=O) groups excluding carboxylic acids is 2. The summed E-state index contributed by atoms with van der Waals surface area (Å²) >= 11 is 0. The van der Waals surface area contributed by atoms with Crippen LogP contribution in [0.5, 0.6) is 5.75 Å². The second-order valence-corrected chi connectivity index (χ2v) is 13.6. The zero-order valence-electron chi connectivity index (χ0n) is 29.0. The van der Waals surface area contributed by atoms with E-state index in [9.17, 15) is 24.6 Å². The summed E-state index contributed by atoms with van der Waals surface area (Å²) in [6.07, 6.45) is 7.52. The number of rotatable bonds is 9. The Morgan fingerprint density at radius 1 is 1.02 bits per heavy atom. The Balaban J connectivity index is 1.55. The first-order valence-corrected chi connectivity index (χ1v) is 17.5. The summed E-state index contributed by atoms with van der Waals surface area (Å²) in [5.74, 6) is -0.880. The minimum atomic E-state index is -0.954. The monoisotopic (exact) mass is 666 g/mol. The van der Waals surface area contributed by atoms with Gasteiger partial charge in [-0.05, 0) is 88.9 Å². The first-order valence-electron chi connectivity index (χ1n) is 17.5. The smallest absolute Gasteiger partial charge is 0.335 e. The Kier molecular flexibility index (Phi) is 14.1. The summed E-state index contributed by atoms with van der Waals surface area (Å²) in [5, 5.41) is 25.5. The fourth-order valence-corrected chi connectivity index (χ4v) is 6.50. The molecule has 3 amide bonds. The summed E-state index contributed by atoms with van der Waals surface area (Å²) < 4.78 is 12.8. The topological polar surface area (TPSA) is 141 Å². The highest BCUT2D eigenvalue weighted by Gasteiger charge is 2.30. The molecule has 11 heteroatoms. The Morgan fingerprint density at radius 3 is 2.42 bits per heavy atom. The lowest BCUT2D eigenvalue weighted by Gasteiger charge is -2.36. The summed E-state index contributed by atoms with van der Waals surface area (Å²) in [5.41, 5.74) is 2.07. The largest absolute Gasteiger partial charge is 0.490 e. The normalized spacial score (nSPS) is 22.2. The van der Waals surface area contributed by atoms with E-state index in [1.54, 1.807) is 35.2 Å². The number of aliphatic hydroxyl groups is 1. The zero-order chi connectivity index (χ0) is 34.6. The van der Waals surface area contributed by atoms with Gasteiger partial charge in [0.1, 0.15) is 5.75 Å². The second kappa shape index (κ2) is 18.2. The van der Waals surface area contributed by atoms with Crippen LogP contribution in [0.1, 0.15) is 98.4 Å². The van der Waals surface area contributed by atoms with E-state index in [0.717, 1.165) is 50.5 Å². The molecule has 0 spiro atoms. The molecule has 264 valence electrons. The van der Waals surface area contributed by atoms with Crippen LogP contribution in [0.3, 0.4) is 0 Å². The number of benzene rings is 2. The van der Waals surface area contributed by atoms with E-state index in [1.165, 1.54) is 6.42 Å². The molecular weight excluding hydrogens is 612 g/mol. The van der Waals surface area contributed by atoms with E-state index in [4.69, 9.17) is 9.47 Å². The van der Waals surface area contributed by atoms with Gasteiger partial charge in [0.25, 0.3) is 5.91 Å². The van der Waals surface area contributed by atoms with Crippen LogP contribution >= 0.6 is 0 Å². The summed E-state index contributed by atoms with van der Waals surface area (Å²) in [6, 6.07) is 11.4. The molecule has 2 aromatic rings. The van der Waals surface area contributed by atoms with Gasteiger partial charge in [-0.15, -0.1) is 0 Å². The van der Waals surface area contributed by atoms with Crippen LogP contribution in [0.25, 0.3) is 0 Å². The molecule has 0 bridgehead atoms. The lowest BCUT2D eigenvalue weighted by atomic mass is 9.96. The number of carbonyl (C=O) groups is 3. The van der Waals surface area contributed by atoms with E-state index in [1.807, 2.05) is 33.0 Å². The highest BCUT2D eigenvalue weighted by Crippen LogP contribution is 2.29. The predicted molar refractivity (Wildman–Crippen MR) is 186 cm³/mol. The number of carboxylic acids is 1. The van der Waals surface area contributed by atoms with Gasteiger partial charge in [-0.3, -0.25) is 9.69 Å². The Bertz CT molecular complexity index is 1350. The van der Waals surface area contributed by atoms with Crippen molar-refractivity contribution in [2.75, 3.05) is 38.7 Å². The first kappa shape index (κ1) is 37.2. The Labute approximate surface area is 285 Å². The van der Waals surface area contributed by atoms with Crippen molar-refractivity contribution in [2.24, 2.45) is 5.92 Å². The van der Waals surface area contributed by atoms with Crippen molar-refractivity contribution in [3.8, 4) is 5.75 Å². The number of aromatic carboxylic acids is 1. The molecule has 1 heterocycles. The molecule has 1 aliphatic heterocycles. The first-order chi connectivity index (χ1) is 23.0. The average molecular weight is 667 g/mol. The molecule has 4 atom stereocenters. The van der Waals surface area contributed by atoms with Crippen LogP contribution in [-0.4, -0.2) is 95.6 Å². The van der Waals surface area contributed by atoms with Gasteiger partial charge in [0, 0.05) is 43.9 Å². The summed E-state index contributed by atoms with van der Waals surface area (Å²) in [6.45, 7) is 7.75. The maximum Gasteiger partial charge on any atom is 0.335 e. The van der Waals surface area contributed by atoms with E-state index in [2.05, 4.69) is 22.5 Å². The van der Waals surface area contributed by atoms with Crippen molar-refractivity contribution >= 4 is 23.6 Å². The van der Waals surface area contributed by atoms with Gasteiger partial charge < -0.3 is 35.2 Å². The molecular formula is C37H54N4O7. The van der Waals surface area contributed by atoms with Crippen LogP contribution in [0.15, 0.2) is 42.5 Å². The van der Waals surface area contributed by atoms with Crippen molar-refractivity contribution in [2.45, 2.75) is 103 Å². The van der Waals surface area contributed by atoms with Crippen LogP contribution in [0, 0.1) is 5.92 Å². The fraction of sp³-hybridized carbons (Fsp3) is 0.595. The molecule has 2 aliphatic rings. The number of anilines is 1. The molecule has 1 fully saturated rings. The Hall–Kier alpha value is -3.67. The van der Waals surface area contributed by atoms with Gasteiger partial charge in [0.2, 0.25) is 0 Å². The van der Waals surface area contributed by atoms with Gasteiger partial charge >= 0.3 is 12.0 Å². The number of likely N-dealkylation sites (N-methyl/N-ethyl adjacent to an activating group) is 1. The standard InChI is InChI=1S/C37H54N4O7/c1-25-21-41(26(2)24-42)35(43)32-20-31(39-37(46)38-30-11-6-5-7-12-30)17-18-33(32)48-27(3)10-8-9-19-47-34(25)23-40(4)22-28-13-15-29(16-14-28)36(44)45/h13-18,20,25-27,30,34,42H,5-12,19,21-24H2,1-4H3,(H,44,45)(H2,38,39,46)/t25-,26+,27-,34+/m0/s1. The van der Waals surface area contributed by atoms with Crippen LogP contribution in [0.4, 0.5) is 10.5 Å². The number of nitrogens with zero attached hydrogens (tertiary/aromatic N) is 2. The number of hydrogen-bond acceptors (Lipinski definition) is 7. The fourth-order valence-electron chi connectivity index (χ4n) is 6.50. The lowest BCUT2D eigenvalue weighted by molar-refractivity contribution is -0.0177. The van der Waals surface area contributed by atoms with E-state index >= 15 is 0 Å². The van der Waals surface area contributed by atoms with Gasteiger partial charge in [0.05, 0.1) is 36.0 Å². The highest BCUT2D eigenvalue weighted by atomic mass is 16.5. The molecule has 1 aliphatic carbocycles. The second-order valence-electron chi connectivity index (χ2n) is 13.6. The maximum atomic E-state index is 14.4. The quantitative estimate of drug-likeness (QED) is 0.265. The molecule has 4 rings (SSSR count). The van der Waals surface area contributed by atoms with Gasteiger partial charge in [-0.25, -0.2) is 9.59 Å². The number of carboxylic acid groups (broad SMARTS) is 1. The number of aliphatic hydroxyl groups excluding tert-OH is 1. The number of urea groups is 1. The number of ether oxygens (including phenoxy) is 2. The van der Waals surface area contributed by atoms with E-state index in [-0.39, 0.29) is 48.3 Å². The Morgan fingerprint density at radius 2 is 1.73 bits per heavy atom. The van der Waals surface area contributed by atoms with Crippen molar-refractivity contribution in [3.63, 3.8) is 0 Å². The third-order valence-electron chi connectivity index (χ3n) is 9.39. The van der Waals surface area contributed by atoms with Crippen molar-refractivity contribution < 1.29 is 34.1 Å². The van der Waals surface area contributed by atoms with Gasteiger partial charge in [-0.1, -0.05) is 38.3 Å². The van der Waals surface area contributed by atoms with Crippen molar-refractivity contribution in [1.82, 2.24) is 15.1 Å². The van der Waals surface area contributed by atoms with E-state index < -0.39 is 12.0 Å².